The Labute approximate surface area is 123 Å². The van der Waals surface area contributed by atoms with Crippen molar-refractivity contribution >= 4 is 26.5 Å². The van der Waals surface area contributed by atoms with Gasteiger partial charge in [0, 0.05) is 6.07 Å². The molecule has 0 fully saturated rings. The molecular formula is C11H11F2N3O3S2. The molecule has 1 aromatic heterocycles. The van der Waals surface area contributed by atoms with Crippen molar-refractivity contribution in [2.45, 2.75) is 4.21 Å². The molecule has 0 atom stereocenters. The minimum absolute atomic E-state index is 0.0495. The van der Waals surface area contributed by atoms with E-state index >= 15 is 0 Å². The summed E-state index contributed by atoms with van der Waals surface area (Å²) in [4.78, 5) is 3.84. The molecule has 21 heavy (non-hydrogen) atoms. The molecule has 0 aliphatic carbocycles. The predicted octanol–water partition coefficient (Wildman–Crippen LogP) is 1.56. The Morgan fingerprint density at radius 1 is 1.33 bits per heavy atom. The average Bonchev–Trinajstić information content (AvgIpc) is 2.87. The van der Waals surface area contributed by atoms with E-state index in [1.165, 1.54) is 6.07 Å². The standard InChI is InChI=1S/C11H11F2N3O3S2/c12-8-2-1-7(5-9(8)13)19-4-3-15-11-16-6-10(20-11)21(14,17)18/h1-2,5-6H,3-4H2,(H,15,16)(H2,14,17,18). The quantitative estimate of drug-likeness (QED) is 0.781. The van der Waals surface area contributed by atoms with Crippen LogP contribution in [-0.2, 0) is 10.0 Å². The summed E-state index contributed by atoms with van der Waals surface area (Å²) in [5, 5.41) is 8.15. The van der Waals surface area contributed by atoms with E-state index in [9.17, 15) is 17.2 Å². The lowest BCUT2D eigenvalue weighted by Gasteiger charge is -2.06. The van der Waals surface area contributed by atoms with Crippen LogP contribution >= 0.6 is 11.3 Å². The molecule has 10 heteroatoms. The van der Waals surface area contributed by atoms with Crippen molar-refractivity contribution in [3.63, 3.8) is 0 Å². The zero-order valence-electron chi connectivity index (χ0n) is 10.5. The Kier molecular flexibility index (Phi) is 4.70. The summed E-state index contributed by atoms with van der Waals surface area (Å²) in [6, 6.07) is 3.22. The van der Waals surface area contributed by atoms with E-state index in [1.807, 2.05) is 0 Å². The maximum Gasteiger partial charge on any atom is 0.249 e. The van der Waals surface area contributed by atoms with Crippen LogP contribution in [0.4, 0.5) is 13.9 Å². The number of halogens is 2. The third-order valence-corrected chi connectivity index (χ3v) is 4.67. The minimum atomic E-state index is -3.76. The highest BCUT2D eigenvalue weighted by Gasteiger charge is 2.12. The molecule has 2 rings (SSSR count). The first-order chi connectivity index (χ1) is 9.86. The van der Waals surface area contributed by atoms with E-state index in [4.69, 9.17) is 9.88 Å². The number of ether oxygens (including phenoxy) is 1. The number of sulfonamides is 1. The number of thiazole rings is 1. The van der Waals surface area contributed by atoms with Crippen molar-refractivity contribution in [1.29, 1.82) is 0 Å². The van der Waals surface area contributed by atoms with E-state index in [2.05, 4.69) is 10.3 Å². The fraction of sp³-hybridized carbons (Fsp3) is 0.182. The number of rotatable bonds is 6. The van der Waals surface area contributed by atoms with Gasteiger partial charge in [-0.1, -0.05) is 11.3 Å². The number of benzene rings is 1. The first-order valence-corrected chi connectivity index (χ1v) is 8.03. The van der Waals surface area contributed by atoms with Gasteiger partial charge in [0.15, 0.2) is 21.0 Å². The Morgan fingerprint density at radius 2 is 2.10 bits per heavy atom. The van der Waals surface area contributed by atoms with Gasteiger partial charge in [-0.15, -0.1) is 0 Å². The number of hydrogen-bond donors (Lipinski definition) is 2. The van der Waals surface area contributed by atoms with Crippen LogP contribution in [0, 0.1) is 11.6 Å². The van der Waals surface area contributed by atoms with Crippen LogP contribution in [0.1, 0.15) is 0 Å². The highest BCUT2D eigenvalue weighted by molar-refractivity contribution is 7.91. The summed E-state index contributed by atoms with van der Waals surface area (Å²) in [7, 11) is -3.76. The summed E-state index contributed by atoms with van der Waals surface area (Å²) in [6.45, 7) is 0.464. The molecule has 0 radical (unpaired) electrons. The minimum Gasteiger partial charge on any atom is -0.492 e. The summed E-state index contributed by atoms with van der Waals surface area (Å²) in [5.74, 6) is -1.74. The molecule has 6 nitrogen and oxygen atoms in total. The molecule has 0 bridgehead atoms. The monoisotopic (exact) mass is 335 g/mol. The van der Waals surface area contributed by atoms with E-state index in [1.54, 1.807) is 0 Å². The smallest absolute Gasteiger partial charge is 0.249 e. The molecule has 0 amide bonds. The lowest BCUT2D eigenvalue weighted by atomic mass is 10.3. The van der Waals surface area contributed by atoms with Gasteiger partial charge in [0.25, 0.3) is 0 Å². The largest absolute Gasteiger partial charge is 0.492 e. The first kappa shape index (κ1) is 15.6. The number of nitrogens with one attached hydrogen (secondary N) is 1. The second kappa shape index (κ2) is 6.33. The molecule has 3 N–H and O–H groups in total. The van der Waals surface area contributed by atoms with Gasteiger partial charge in [-0.05, 0) is 12.1 Å². The van der Waals surface area contributed by atoms with Gasteiger partial charge < -0.3 is 10.1 Å². The molecule has 0 aliphatic heterocycles. The Morgan fingerprint density at radius 3 is 2.71 bits per heavy atom. The first-order valence-electron chi connectivity index (χ1n) is 5.66. The molecule has 0 unspecified atom stereocenters. The lowest BCUT2D eigenvalue weighted by molar-refractivity contribution is 0.329. The van der Waals surface area contributed by atoms with Crippen molar-refractivity contribution in [1.82, 2.24) is 4.98 Å². The number of anilines is 1. The molecule has 0 saturated carbocycles. The third kappa shape index (κ3) is 4.34. The van der Waals surface area contributed by atoms with Crippen LogP contribution in [0.2, 0.25) is 0 Å². The van der Waals surface area contributed by atoms with Gasteiger partial charge in [0.2, 0.25) is 10.0 Å². The van der Waals surface area contributed by atoms with Gasteiger partial charge in [0.05, 0.1) is 12.7 Å². The average molecular weight is 335 g/mol. The summed E-state index contributed by atoms with van der Waals surface area (Å²) in [5.41, 5.74) is 0. The lowest BCUT2D eigenvalue weighted by Crippen LogP contribution is -2.11. The number of primary sulfonamides is 1. The summed E-state index contributed by atoms with van der Waals surface area (Å²) < 4.78 is 52.9. The van der Waals surface area contributed by atoms with E-state index in [0.29, 0.717) is 11.7 Å². The van der Waals surface area contributed by atoms with Gasteiger partial charge in [-0.2, -0.15) is 0 Å². The number of nitrogens with zero attached hydrogens (tertiary/aromatic N) is 1. The molecule has 1 aromatic carbocycles. The van der Waals surface area contributed by atoms with Gasteiger partial charge in [-0.3, -0.25) is 0 Å². The fourth-order valence-electron chi connectivity index (χ4n) is 1.37. The summed E-state index contributed by atoms with van der Waals surface area (Å²) in [6.07, 6.45) is 1.15. The summed E-state index contributed by atoms with van der Waals surface area (Å²) >= 11 is 0.890. The molecule has 0 saturated heterocycles. The van der Waals surface area contributed by atoms with Crippen LogP contribution in [0.3, 0.4) is 0 Å². The van der Waals surface area contributed by atoms with E-state index in [0.717, 1.165) is 29.7 Å². The molecule has 0 spiro atoms. The van der Waals surface area contributed by atoms with Gasteiger partial charge >= 0.3 is 0 Å². The highest BCUT2D eigenvalue weighted by Crippen LogP contribution is 2.21. The maximum atomic E-state index is 12.9. The fourth-order valence-corrected chi connectivity index (χ4v) is 2.84. The van der Waals surface area contributed by atoms with Crippen molar-refractivity contribution in [3.05, 3.63) is 36.0 Å². The predicted molar refractivity (Wildman–Crippen MR) is 73.8 cm³/mol. The van der Waals surface area contributed by atoms with Gasteiger partial charge in [0.1, 0.15) is 12.4 Å². The molecule has 0 aliphatic rings. The second-order valence-electron chi connectivity index (χ2n) is 3.88. The second-order valence-corrected chi connectivity index (χ2v) is 6.70. The van der Waals surface area contributed by atoms with Gasteiger partial charge in [-0.25, -0.2) is 27.3 Å². The van der Waals surface area contributed by atoms with E-state index in [-0.39, 0.29) is 16.6 Å². The third-order valence-electron chi connectivity index (χ3n) is 2.30. The molecule has 1 heterocycles. The Balaban J connectivity index is 1.82. The topological polar surface area (TPSA) is 94.3 Å². The van der Waals surface area contributed by atoms with Crippen molar-refractivity contribution in [2.24, 2.45) is 5.14 Å². The maximum absolute atomic E-state index is 12.9. The Hall–Kier alpha value is -1.78. The van der Waals surface area contributed by atoms with Crippen molar-refractivity contribution in [3.8, 4) is 5.75 Å². The Bertz CT molecular complexity index is 734. The van der Waals surface area contributed by atoms with Crippen LogP contribution in [0.5, 0.6) is 5.75 Å². The van der Waals surface area contributed by atoms with E-state index < -0.39 is 21.7 Å². The zero-order valence-corrected chi connectivity index (χ0v) is 12.2. The molecule has 2 aromatic rings. The van der Waals surface area contributed by atoms with Crippen LogP contribution in [0.15, 0.2) is 28.6 Å². The SMILES string of the molecule is NS(=O)(=O)c1cnc(NCCOc2ccc(F)c(F)c2)s1. The van der Waals surface area contributed by atoms with Crippen LogP contribution in [-0.4, -0.2) is 26.6 Å². The molecule has 114 valence electrons. The normalized spacial score (nSPS) is 11.4. The molecular weight excluding hydrogens is 324 g/mol. The highest BCUT2D eigenvalue weighted by atomic mass is 32.2. The van der Waals surface area contributed by atoms with Crippen molar-refractivity contribution in [2.75, 3.05) is 18.5 Å². The number of hydrogen-bond acceptors (Lipinski definition) is 6. The zero-order chi connectivity index (χ0) is 15.5. The van der Waals surface area contributed by atoms with Crippen LogP contribution < -0.4 is 15.2 Å². The number of nitrogens with two attached hydrogens (primary N) is 1. The number of aromatic nitrogens is 1. The van der Waals surface area contributed by atoms with Crippen LogP contribution in [0.25, 0.3) is 0 Å². The van der Waals surface area contributed by atoms with Crippen molar-refractivity contribution < 1.29 is 21.9 Å².